The molecular weight excluding hydrogens is 260 g/mol. The summed E-state index contributed by atoms with van der Waals surface area (Å²) in [6.45, 7) is 8.28. The van der Waals surface area contributed by atoms with Gasteiger partial charge in [0.2, 0.25) is 10.0 Å². The molecule has 0 radical (unpaired) electrons. The summed E-state index contributed by atoms with van der Waals surface area (Å²) in [6, 6.07) is 0.146. The van der Waals surface area contributed by atoms with Crippen molar-refractivity contribution in [2.45, 2.75) is 58.9 Å². The van der Waals surface area contributed by atoms with Crippen molar-refractivity contribution in [3.8, 4) is 0 Å². The molecule has 1 aliphatic carbocycles. The maximum Gasteiger partial charge on any atom is 0.211 e. The topological polar surface area (TPSA) is 58.2 Å². The van der Waals surface area contributed by atoms with Crippen LogP contribution in [0.3, 0.4) is 0 Å². The van der Waals surface area contributed by atoms with Gasteiger partial charge in [-0.1, -0.05) is 20.8 Å². The second-order valence-electron chi connectivity index (χ2n) is 6.15. The summed E-state index contributed by atoms with van der Waals surface area (Å²) < 4.78 is 26.9. The lowest BCUT2D eigenvalue weighted by atomic mass is 9.81. The third-order valence-electron chi connectivity index (χ3n) is 3.72. The predicted molar refractivity (Wildman–Crippen MR) is 80.7 cm³/mol. The van der Waals surface area contributed by atoms with Crippen molar-refractivity contribution in [1.29, 1.82) is 0 Å². The fourth-order valence-electron chi connectivity index (χ4n) is 3.05. The Kier molecular flexibility index (Phi) is 7.32. The van der Waals surface area contributed by atoms with E-state index in [1.807, 2.05) is 0 Å². The summed E-state index contributed by atoms with van der Waals surface area (Å²) in [7, 11) is -3.11. The molecule has 0 aromatic heterocycles. The first-order valence-corrected chi connectivity index (χ1v) is 9.29. The van der Waals surface area contributed by atoms with Gasteiger partial charge < -0.3 is 5.32 Å². The van der Waals surface area contributed by atoms with Crippen LogP contribution < -0.4 is 10.0 Å². The molecule has 1 fully saturated rings. The molecule has 0 aromatic rings. The van der Waals surface area contributed by atoms with Crippen LogP contribution in [0, 0.1) is 11.8 Å². The zero-order valence-electron chi connectivity index (χ0n) is 12.6. The summed E-state index contributed by atoms with van der Waals surface area (Å²) in [5, 5.41) is 3.23. The SMILES string of the molecule is CCCNCCCS(=O)(=O)NC1CC(C)CC(C)C1. The summed E-state index contributed by atoms with van der Waals surface area (Å²) in [6.07, 6.45) is 4.96. The molecule has 2 atom stereocenters. The highest BCUT2D eigenvalue weighted by Gasteiger charge is 2.26. The minimum Gasteiger partial charge on any atom is -0.317 e. The van der Waals surface area contributed by atoms with Crippen LogP contribution in [0.25, 0.3) is 0 Å². The molecule has 0 saturated heterocycles. The van der Waals surface area contributed by atoms with Crippen molar-refractivity contribution in [3.63, 3.8) is 0 Å². The fourth-order valence-corrected chi connectivity index (χ4v) is 4.39. The lowest BCUT2D eigenvalue weighted by Gasteiger charge is -2.31. The monoisotopic (exact) mass is 290 g/mol. The first-order valence-electron chi connectivity index (χ1n) is 7.63. The largest absolute Gasteiger partial charge is 0.317 e. The number of sulfonamides is 1. The van der Waals surface area contributed by atoms with Crippen LogP contribution in [0.1, 0.15) is 52.9 Å². The molecule has 0 bridgehead atoms. The molecule has 0 spiro atoms. The number of nitrogens with one attached hydrogen (secondary N) is 2. The summed E-state index contributed by atoms with van der Waals surface area (Å²) in [5.74, 6) is 1.49. The number of rotatable bonds is 8. The van der Waals surface area contributed by atoms with Crippen LogP contribution in [0.15, 0.2) is 0 Å². The normalized spacial score (nSPS) is 28.5. The van der Waals surface area contributed by atoms with Gasteiger partial charge in [-0.2, -0.15) is 0 Å². The van der Waals surface area contributed by atoms with Crippen LogP contribution in [0.2, 0.25) is 0 Å². The van der Waals surface area contributed by atoms with E-state index in [0.29, 0.717) is 18.3 Å². The molecule has 4 nitrogen and oxygen atoms in total. The molecule has 2 N–H and O–H groups in total. The molecule has 0 aliphatic heterocycles. The van der Waals surface area contributed by atoms with E-state index in [1.165, 1.54) is 6.42 Å². The van der Waals surface area contributed by atoms with Crippen LogP contribution in [-0.2, 0) is 10.0 Å². The van der Waals surface area contributed by atoms with E-state index in [9.17, 15) is 8.42 Å². The highest BCUT2D eigenvalue weighted by Crippen LogP contribution is 2.28. The summed E-state index contributed by atoms with van der Waals surface area (Å²) in [4.78, 5) is 0. The van der Waals surface area contributed by atoms with Crippen molar-refractivity contribution in [2.75, 3.05) is 18.8 Å². The van der Waals surface area contributed by atoms with E-state index in [1.54, 1.807) is 0 Å². The molecule has 114 valence electrons. The Balaban J connectivity index is 2.29. The van der Waals surface area contributed by atoms with Gasteiger partial charge in [-0.25, -0.2) is 13.1 Å². The van der Waals surface area contributed by atoms with Gasteiger partial charge in [-0.15, -0.1) is 0 Å². The highest BCUT2D eigenvalue weighted by molar-refractivity contribution is 7.89. The van der Waals surface area contributed by atoms with Gasteiger partial charge in [0.15, 0.2) is 0 Å². The third kappa shape index (κ3) is 7.28. The Bertz CT molecular complexity index is 333. The van der Waals surface area contributed by atoms with Gasteiger partial charge in [-0.05, 0) is 57.0 Å². The Labute approximate surface area is 118 Å². The van der Waals surface area contributed by atoms with Crippen molar-refractivity contribution in [3.05, 3.63) is 0 Å². The van der Waals surface area contributed by atoms with Crippen LogP contribution in [-0.4, -0.2) is 33.3 Å². The summed E-state index contributed by atoms with van der Waals surface area (Å²) in [5.41, 5.74) is 0. The first kappa shape index (κ1) is 16.9. The lowest BCUT2D eigenvalue weighted by Crippen LogP contribution is -2.41. The lowest BCUT2D eigenvalue weighted by molar-refractivity contribution is 0.257. The molecule has 1 aliphatic rings. The van der Waals surface area contributed by atoms with Crippen molar-refractivity contribution < 1.29 is 8.42 Å². The van der Waals surface area contributed by atoms with E-state index in [-0.39, 0.29) is 11.8 Å². The predicted octanol–water partition coefficient (Wildman–Crippen LogP) is 2.12. The second kappa shape index (κ2) is 8.22. The zero-order valence-corrected chi connectivity index (χ0v) is 13.4. The van der Waals surface area contributed by atoms with Crippen LogP contribution in [0.4, 0.5) is 0 Å². The van der Waals surface area contributed by atoms with E-state index >= 15 is 0 Å². The van der Waals surface area contributed by atoms with Crippen LogP contribution in [0.5, 0.6) is 0 Å². The number of hydrogen-bond donors (Lipinski definition) is 2. The van der Waals surface area contributed by atoms with Crippen LogP contribution >= 0.6 is 0 Å². The van der Waals surface area contributed by atoms with E-state index in [0.717, 1.165) is 32.4 Å². The van der Waals surface area contributed by atoms with Crippen molar-refractivity contribution in [2.24, 2.45) is 11.8 Å². The van der Waals surface area contributed by atoms with Gasteiger partial charge in [0, 0.05) is 6.04 Å². The van der Waals surface area contributed by atoms with E-state index < -0.39 is 10.0 Å². The molecule has 1 saturated carbocycles. The molecule has 0 aromatic carbocycles. The fraction of sp³-hybridized carbons (Fsp3) is 1.00. The molecule has 5 heteroatoms. The zero-order chi connectivity index (χ0) is 14.3. The standard InChI is InChI=1S/C14H30N2O2S/c1-4-6-15-7-5-8-19(17,18)16-14-10-12(2)9-13(3)11-14/h12-16H,4-11H2,1-3H3. The van der Waals surface area contributed by atoms with Gasteiger partial charge in [-0.3, -0.25) is 0 Å². The second-order valence-corrected chi connectivity index (χ2v) is 8.03. The Hall–Kier alpha value is -0.130. The first-order chi connectivity index (χ1) is 8.93. The molecule has 0 heterocycles. The van der Waals surface area contributed by atoms with Crippen molar-refractivity contribution >= 4 is 10.0 Å². The molecule has 2 unspecified atom stereocenters. The van der Waals surface area contributed by atoms with Gasteiger partial charge in [0.05, 0.1) is 5.75 Å². The Morgan fingerprint density at radius 2 is 1.68 bits per heavy atom. The Morgan fingerprint density at radius 3 is 2.26 bits per heavy atom. The smallest absolute Gasteiger partial charge is 0.211 e. The maximum atomic E-state index is 12.0. The van der Waals surface area contributed by atoms with E-state index in [4.69, 9.17) is 0 Å². The van der Waals surface area contributed by atoms with Crippen molar-refractivity contribution in [1.82, 2.24) is 10.0 Å². The quantitative estimate of drug-likeness (QED) is 0.673. The minimum atomic E-state index is -3.11. The average Bonchev–Trinajstić information content (AvgIpc) is 2.26. The molecular formula is C14H30N2O2S. The van der Waals surface area contributed by atoms with E-state index in [2.05, 4.69) is 30.8 Å². The maximum absolute atomic E-state index is 12.0. The minimum absolute atomic E-state index is 0.146. The molecule has 1 rings (SSSR count). The molecule has 19 heavy (non-hydrogen) atoms. The Morgan fingerprint density at radius 1 is 1.05 bits per heavy atom. The average molecular weight is 290 g/mol. The van der Waals surface area contributed by atoms with Gasteiger partial charge >= 0.3 is 0 Å². The summed E-state index contributed by atoms with van der Waals surface area (Å²) >= 11 is 0. The highest BCUT2D eigenvalue weighted by atomic mass is 32.2. The number of hydrogen-bond acceptors (Lipinski definition) is 3. The van der Waals surface area contributed by atoms with Gasteiger partial charge in [0.1, 0.15) is 0 Å². The van der Waals surface area contributed by atoms with Gasteiger partial charge in [0.25, 0.3) is 0 Å². The third-order valence-corrected chi connectivity index (χ3v) is 5.24. The molecule has 0 amide bonds.